The summed E-state index contributed by atoms with van der Waals surface area (Å²) < 4.78 is 95.9. The van der Waals surface area contributed by atoms with Crippen LogP contribution in [-0.2, 0) is 23.7 Å². The molecule has 0 atom stereocenters. The molecule has 2 aromatic carbocycles. The van der Waals surface area contributed by atoms with Gasteiger partial charge in [0, 0.05) is 40.7 Å². The van der Waals surface area contributed by atoms with Crippen molar-refractivity contribution in [2.45, 2.75) is 28.8 Å². The molecule has 0 saturated carbocycles. The Morgan fingerprint density at radius 3 is 2.32 bits per heavy atom. The predicted molar refractivity (Wildman–Crippen MR) is 132 cm³/mol. The Bertz CT molecular complexity index is 1280. The Morgan fingerprint density at radius 1 is 0.947 bits per heavy atom. The van der Waals surface area contributed by atoms with Gasteiger partial charge in [0.05, 0.1) is 29.2 Å². The van der Waals surface area contributed by atoms with Crippen LogP contribution in [-0.4, -0.2) is 37.0 Å². The number of thiophene rings is 1. The smallest absolute Gasteiger partial charge is 0.418 e. The fourth-order valence-electron chi connectivity index (χ4n) is 3.76. The van der Waals surface area contributed by atoms with E-state index >= 15 is 0 Å². The van der Waals surface area contributed by atoms with Crippen molar-refractivity contribution < 1.29 is 40.6 Å². The zero-order valence-corrected chi connectivity index (χ0v) is 21.3. The maximum Gasteiger partial charge on any atom is 0.418 e. The number of hydrogen-bond donors (Lipinski definition) is 0. The van der Waals surface area contributed by atoms with Crippen molar-refractivity contribution in [3.63, 3.8) is 0 Å². The van der Waals surface area contributed by atoms with E-state index in [1.165, 1.54) is 29.7 Å². The molecule has 202 valence electrons. The molecule has 4 nitrogen and oxygen atoms in total. The molecule has 0 spiro atoms. The SMILES string of the molecule is O=C(C=CN1CCOCC1)c1ccc(Sc2ccccc2OCc2cccs2)c(C(F)(F)F)c1C(F)(F)F. The van der Waals surface area contributed by atoms with E-state index in [0.717, 1.165) is 23.1 Å². The molecule has 4 rings (SSSR count). The summed E-state index contributed by atoms with van der Waals surface area (Å²) in [5, 5.41) is 1.84. The second-order valence-corrected chi connectivity index (χ2v) is 10.2. The lowest BCUT2D eigenvalue weighted by Crippen LogP contribution is -2.32. The molecule has 3 aromatic rings. The number of ether oxygens (including phenoxy) is 2. The molecule has 1 aliphatic rings. The Labute approximate surface area is 222 Å². The topological polar surface area (TPSA) is 38.8 Å². The lowest BCUT2D eigenvalue weighted by molar-refractivity contribution is -0.163. The van der Waals surface area contributed by atoms with E-state index in [4.69, 9.17) is 9.47 Å². The molecule has 0 N–H and O–H groups in total. The van der Waals surface area contributed by atoms with Crippen LogP contribution in [0.4, 0.5) is 26.3 Å². The first-order chi connectivity index (χ1) is 18.0. The van der Waals surface area contributed by atoms with Crippen molar-refractivity contribution in [2.24, 2.45) is 0 Å². The number of allylic oxidation sites excluding steroid dienone is 1. The fourth-order valence-corrected chi connectivity index (χ4v) is 5.44. The van der Waals surface area contributed by atoms with Crippen LogP contribution in [0.15, 0.2) is 76.0 Å². The number of hydrogen-bond acceptors (Lipinski definition) is 6. The van der Waals surface area contributed by atoms with E-state index < -0.39 is 39.7 Å². The largest absolute Gasteiger partial charge is 0.487 e. The molecule has 0 unspecified atom stereocenters. The third kappa shape index (κ3) is 6.91. The molecule has 1 aromatic heterocycles. The van der Waals surface area contributed by atoms with Crippen LogP contribution in [0.3, 0.4) is 0 Å². The maximum absolute atomic E-state index is 14.2. The number of ketones is 1. The maximum atomic E-state index is 14.2. The standard InChI is InChI=1S/C26H21F6NO3S2/c27-25(28,29)23-18(19(34)9-10-33-11-13-35-14-12-33)7-8-22(24(23)26(30,31)32)38-21-6-2-1-5-20(21)36-16-17-4-3-15-37-17/h1-10,15H,11-14,16H2. The number of rotatable bonds is 8. The second kappa shape index (κ2) is 11.8. The molecule has 1 fully saturated rings. The van der Waals surface area contributed by atoms with E-state index in [0.29, 0.717) is 38.1 Å². The molecule has 12 heteroatoms. The molecular weight excluding hydrogens is 552 g/mol. The summed E-state index contributed by atoms with van der Waals surface area (Å²) in [6.45, 7) is 1.71. The Balaban J connectivity index is 1.71. The zero-order valence-electron chi connectivity index (χ0n) is 19.6. The van der Waals surface area contributed by atoms with E-state index in [1.807, 2.05) is 17.5 Å². The zero-order chi connectivity index (χ0) is 27.3. The van der Waals surface area contributed by atoms with Crippen LogP contribution in [0.1, 0.15) is 26.4 Å². The van der Waals surface area contributed by atoms with Gasteiger partial charge in [0.1, 0.15) is 12.4 Å². The molecule has 0 bridgehead atoms. The summed E-state index contributed by atoms with van der Waals surface area (Å²) in [6.07, 6.45) is -8.68. The number of nitrogens with zero attached hydrogens (tertiary/aromatic N) is 1. The van der Waals surface area contributed by atoms with Crippen molar-refractivity contribution in [1.29, 1.82) is 0 Å². The molecule has 0 amide bonds. The van der Waals surface area contributed by atoms with Crippen LogP contribution in [0.5, 0.6) is 5.75 Å². The molecular formula is C26H21F6NO3S2. The predicted octanol–water partition coefficient (Wildman–Crippen LogP) is 7.54. The lowest BCUT2D eigenvalue weighted by atomic mass is 9.96. The van der Waals surface area contributed by atoms with Gasteiger partial charge in [-0.1, -0.05) is 30.0 Å². The normalized spacial score (nSPS) is 14.7. The molecule has 1 saturated heterocycles. The van der Waals surface area contributed by atoms with Crippen LogP contribution >= 0.6 is 23.1 Å². The lowest BCUT2D eigenvalue weighted by Gasteiger charge is -2.25. The van der Waals surface area contributed by atoms with Crippen molar-refractivity contribution >= 4 is 28.9 Å². The van der Waals surface area contributed by atoms with Crippen molar-refractivity contribution in [1.82, 2.24) is 4.90 Å². The van der Waals surface area contributed by atoms with E-state index in [1.54, 1.807) is 17.0 Å². The van der Waals surface area contributed by atoms with Crippen molar-refractivity contribution in [3.05, 3.63) is 87.8 Å². The summed E-state index contributed by atoms with van der Waals surface area (Å²) in [6, 6.07) is 11.5. The third-order valence-corrected chi connectivity index (χ3v) is 7.47. The van der Waals surface area contributed by atoms with Crippen LogP contribution in [0, 0.1) is 0 Å². The highest BCUT2D eigenvalue weighted by Gasteiger charge is 2.47. The number of carbonyl (C=O) groups excluding carboxylic acids is 1. The fraction of sp³-hybridized carbons (Fsp3) is 0.269. The number of halogens is 6. The average molecular weight is 574 g/mol. The molecule has 0 aliphatic carbocycles. The van der Waals surface area contributed by atoms with Crippen LogP contribution in [0.25, 0.3) is 0 Å². The second-order valence-electron chi connectivity index (χ2n) is 8.10. The minimum absolute atomic E-state index is 0.151. The molecule has 38 heavy (non-hydrogen) atoms. The van der Waals surface area contributed by atoms with E-state index in [9.17, 15) is 31.1 Å². The number of para-hydroxylation sites is 1. The van der Waals surface area contributed by atoms with Gasteiger partial charge < -0.3 is 14.4 Å². The number of benzene rings is 2. The number of carbonyl (C=O) groups is 1. The highest BCUT2D eigenvalue weighted by atomic mass is 32.2. The minimum atomic E-state index is -5.44. The summed E-state index contributed by atoms with van der Waals surface area (Å²) in [4.78, 5) is 14.7. The van der Waals surface area contributed by atoms with Gasteiger partial charge in [0.2, 0.25) is 0 Å². The van der Waals surface area contributed by atoms with Crippen molar-refractivity contribution in [3.8, 4) is 5.75 Å². The van der Waals surface area contributed by atoms with Gasteiger partial charge in [-0.05, 0) is 35.7 Å². The first kappa shape index (κ1) is 28.1. The highest BCUT2D eigenvalue weighted by molar-refractivity contribution is 7.99. The number of alkyl halides is 6. The minimum Gasteiger partial charge on any atom is -0.487 e. The van der Waals surface area contributed by atoms with Gasteiger partial charge in [0.15, 0.2) is 5.78 Å². The Morgan fingerprint density at radius 2 is 1.66 bits per heavy atom. The van der Waals surface area contributed by atoms with Crippen molar-refractivity contribution in [2.75, 3.05) is 26.3 Å². The van der Waals surface area contributed by atoms with Gasteiger partial charge in [-0.3, -0.25) is 4.79 Å². The summed E-state index contributed by atoms with van der Waals surface area (Å²) in [7, 11) is 0. The van der Waals surface area contributed by atoms with Gasteiger partial charge in [-0.25, -0.2) is 0 Å². The first-order valence-corrected chi connectivity index (χ1v) is 13.0. The monoisotopic (exact) mass is 573 g/mol. The summed E-state index contributed by atoms with van der Waals surface area (Å²) in [5.41, 5.74) is -4.99. The van der Waals surface area contributed by atoms with E-state index in [-0.39, 0.29) is 17.3 Å². The Hall–Kier alpha value is -2.96. The molecule has 2 heterocycles. The average Bonchev–Trinajstić information content (AvgIpc) is 3.40. The van der Waals surface area contributed by atoms with Gasteiger partial charge in [-0.15, -0.1) is 11.3 Å². The number of morpholine rings is 1. The highest BCUT2D eigenvalue weighted by Crippen LogP contribution is 2.49. The van der Waals surface area contributed by atoms with E-state index in [2.05, 4.69) is 0 Å². The van der Waals surface area contributed by atoms with Gasteiger partial charge >= 0.3 is 12.4 Å². The molecule has 0 radical (unpaired) electrons. The van der Waals surface area contributed by atoms with Gasteiger partial charge in [-0.2, -0.15) is 26.3 Å². The molecule has 1 aliphatic heterocycles. The quantitative estimate of drug-likeness (QED) is 0.158. The first-order valence-electron chi connectivity index (χ1n) is 11.3. The summed E-state index contributed by atoms with van der Waals surface area (Å²) in [5.74, 6) is -0.952. The summed E-state index contributed by atoms with van der Waals surface area (Å²) >= 11 is 1.93. The van der Waals surface area contributed by atoms with Crippen LogP contribution in [0.2, 0.25) is 0 Å². The third-order valence-electron chi connectivity index (χ3n) is 5.50. The van der Waals surface area contributed by atoms with Gasteiger partial charge in [0.25, 0.3) is 0 Å². The Kier molecular flexibility index (Phi) is 8.74. The van der Waals surface area contributed by atoms with Crippen LogP contribution < -0.4 is 4.74 Å².